The highest BCUT2D eigenvalue weighted by Gasteiger charge is 2.40. The van der Waals surface area contributed by atoms with Crippen molar-refractivity contribution in [2.24, 2.45) is 0 Å². The van der Waals surface area contributed by atoms with Gasteiger partial charge in [0.1, 0.15) is 5.69 Å². The molecule has 90 valence electrons. The summed E-state index contributed by atoms with van der Waals surface area (Å²) in [7, 11) is 2.53. The summed E-state index contributed by atoms with van der Waals surface area (Å²) in [5.74, 6) is -0.196. The molecule has 1 aromatic rings. The molecule has 1 aromatic heterocycles. The van der Waals surface area contributed by atoms with Gasteiger partial charge >= 0.3 is 5.38 Å². The molecule has 0 amide bonds. The van der Waals surface area contributed by atoms with E-state index >= 15 is 0 Å². The average molecular weight is 255 g/mol. The fourth-order valence-electron chi connectivity index (χ4n) is 0.957. The number of ether oxygens (including phenoxy) is 2. The first kappa shape index (κ1) is 12.9. The lowest BCUT2D eigenvalue weighted by Crippen LogP contribution is -2.21. The van der Waals surface area contributed by atoms with Crippen LogP contribution in [-0.2, 0) is 0 Å². The van der Waals surface area contributed by atoms with E-state index in [1.807, 2.05) is 0 Å². The number of aromatic nitrogens is 2. The Labute approximate surface area is 95.0 Å². The summed E-state index contributed by atoms with van der Waals surface area (Å²) in [5, 5.41) is 5.38. The summed E-state index contributed by atoms with van der Waals surface area (Å²) in [6.07, 6.45) is -1.23. The summed E-state index contributed by atoms with van der Waals surface area (Å²) in [5.41, 5.74) is -0.455. The monoisotopic (exact) mass is 254 g/mol. The molecule has 1 heterocycles. The Balaban J connectivity index is 3.14. The number of alkyl halides is 3. The van der Waals surface area contributed by atoms with Crippen LogP contribution in [0.5, 0.6) is 11.8 Å². The van der Waals surface area contributed by atoms with Crippen LogP contribution >= 0.6 is 11.6 Å². The average Bonchev–Trinajstić information content (AvgIpc) is 2.26. The van der Waals surface area contributed by atoms with E-state index in [2.05, 4.69) is 21.6 Å². The standard InChI is InChI=1S/C8H9ClF2N2O3/c1-15-4-3-12-5(7(13-4)16-2)6(14)8(9,10)11/h3,6,14H,1-2H3. The SMILES string of the molecule is COc1cnc(C(O)C(F)(F)Cl)c(OC)n1. The molecule has 1 N–H and O–H groups in total. The molecule has 1 unspecified atom stereocenters. The normalized spacial score (nSPS) is 13.4. The van der Waals surface area contributed by atoms with Crippen molar-refractivity contribution < 1.29 is 23.4 Å². The molecule has 16 heavy (non-hydrogen) atoms. The van der Waals surface area contributed by atoms with E-state index in [0.29, 0.717) is 0 Å². The van der Waals surface area contributed by atoms with Crippen LogP contribution in [0.25, 0.3) is 0 Å². The summed E-state index contributed by atoms with van der Waals surface area (Å²) < 4.78 is 34.7. The largest absolute Gasteiger partial charge is 0.480 e. The van der Waals surface area contributed by atoms with Crippen LogP contribution in [0.1, 0.15) is 11.8 Å². The van der Waals surface area contributed by atoms with E-state index in [9.17, 15) is 13.9 Å². The van der Waals surface area contributed by atoms with Gasteiger partial charge in [-0.1, -0.05) is 0 Å². The van der Waals surface area contributed by atoms with Gasteiger partial charge in [-0.3, -0.25) is 0 Å². The number of halogens is 3. The van der Waals surface area contributed by atoms with Crippen molar-refractivity contribution in [3.05, 3.63) is 11.9 Å². The van der Waals surface area contributed by atoms with E-state index in [4.69, 9.17) is 9.47 Å². The van der Waals surface area contributed by atoms with Gasteiger partial charge in [-0.15, -0.1) is 0 Å². The summed E-state index contributed by atoms with van der Waals surface area (Å²) in [6.45, 7) is 0. The second-order valence-electron chi connectivity index (χ2n) is 2.75. The minimum atomic E-state index is -3.85. The minimum Gasteiger partial charge on any atom is -0.480 e. The zero-order valence-electron chi connectivity index (χ0n) is 8.45. The third-order valence-corrected chi connectivity index (χ3v) is 1.92. The Hall–Kier alpha value is -1.21. The lowest BCUT2D eigenvalue weighted by Gasteiger charge is -2.17. The number of aliphatic hydroxyl groups is 1. The molecule has 1 rings (SSSR count). The second kappa shape index (κ2) is 4.75. The van der Waals surface area contributed by atoms with Crippen molar-refractivity contribution in [1.29, 1.82) is 0 Å². The van der Waals surface area contributed by atoms with E-state index in [-0.39, 0.29) is 11.8 Å². The molecule has 0 aliphatic heterocycles. The van der Waals surface area contributed by atoms with Gasteiger partial charge in [-0.2, -0.15) is 13.8 Å². The van der Waals surface area contributed by atoms with Gasteiger partial charge in [-0.05, 0) is 11.6 Å². The second-order valence-corrected chi connectivity index (χ2v) is 3.25. The smallest absolute Gasteiger partial charge is 0.352 e. The molecule has 0 fully saturated rings. The quantitative estimate of drug-likeness (QED) is 0.822. The van der Waals surface area contributed by atoms with Gasteiger partial charge in [0.25, 0.3) is 0 Å². The van der Waals surface area contributed by atoms with Gasteiger partial charge < -0.3 is 14.6 Å². The molecule has 0 aromatic carbocycles. The Morgan fingerprint density at radius 3 is 2.50 bits per heavy atom. The van der Waals surface area contributed by atoms with Crippen molar-refractivity contribution in [2.75, 3.05) is 14.2 Å². The van der Waals surface area contributed by atoms with Crippen LogP contribution in [0.15, 0.2) is 6.20 Å². The van der Waals surface area contributed by atoms with E-state index in [1.165, 1.54) is 14.2 Å². The topological polar surface area (TPSA) is 64.5 Å². The predicted molar refractivity (Wildman–Crippen MR) is 50.9 cm³/mol. The minimum absolute atomic E-state index is 0.0747. The highest BCUT2D eigenvalue weighted by Crippen LogP contribution is 2.37. The van der Waals surface area contributed by atoms with E-state index < -0.39 is 17.2 Å². The fourth-order valence-corrected chi connectivity index (χ4v) is 1.06. The van der Waals surface area contributed by atoms with Crippen molar-refractivity contribution in [3.8, 4) is 11.8 Å². The zero-order valence-corrected chi connectivity index (χ0v) is 9.20. The van der Waals surface area contributed by atoms with Crippen LogP contribution < -0.4 is 9.47 Å². The lowest BCUT2D eigenvalue weighted by molar-refractivity contribution is -0.0460. The maximum atomic E-state index is 12.7. The molecule has 0 aliphatic carbocycles. The maximum Gasteiger partial charge on any atom is 0.352 e. The number of aliphatic hydroxyl groups excluding tert-OH is 1. The molecular weight excluding hydrogens is 246 g/mol. The molecule has 0 bridgehead atoms. The van der Waals surface area contributed by atoms with Crippen molar-refractivity contribution in [2.45, 2.75) is 11.5 Å². The number of hydrogen-bond donors (Lipinski definition) is 1. The predicted octanol–water partition coefficient (Wildman–Crippen LogP) is 1.36. The molecule has 5 nitrogen and oxygen atoms in total. The third-order valence-electron chi connectivity index (χ3n) is 1.72. The molecule has 0 saturated carbocycles. The first-order valence-corrected chi connectivity index (χ1v) is 4.47. The highest BCUT2D eigenvalue weighted by molar-refractivity contribution is 6.22. The highest BCUT2D eigenvalue weighted by atomic mass is 35.5. The number of hydrogen-bond acceptors (Lipinski definition) is 5. The molecule has 1 atom stereocenters. The summed E-state index contributed by atoms with van der Waals surface area (Å²) in [6, 6.07) is 0. The fraction of sp³-hybridized carbons (Fsp3) is 0.500. The van der Waals surface area contributed by atoms with Crippen LogP contribution in [0.2, 0.25) is 0 Å². The Bertz CT molecular complexity index is 373. The Kier molecular flexibility index (Phi) is 3.82. The van der Waals surface area contributed by atoms with E-state index in [1.54, 1.807) is 0 Å². The Morgan fingerprint density at radius 2 is 2.06 bits per heavy atom. The summed E-state index contributed by atoms with van der Waals surface area (Å²) in [4.78, 5) is 7.25. The van der Waals surface area contributed by atoms with Crippen LogP contribution in [0, 0.1) is 0 Å². The van der Waals surface area contributed by atoms with Gasteiger partial charge in [0.15, 0.2) is 6.10 Å². The summed E-state index contributed by atoms with van der Waals surface area (Å²) >= 11 is 4.68. The van der Waals surface area contributed by atoms with Crippen molar-refractivity contribution >= 4 is 11.6 Å². The van der Waals surface area contributed by atoms with Gasteiger partial charge in [0.2, 0.25) is 11.8 Å². The molecule has 0 saturated heterocycles. The van der Waals surface area contributed by atoms with Crippen LogP contribution in [-0.4, -0.2) is 34.7 Å². The van der Waals surface area contributed by atoms with Crippen molar-refractivity contribution in [3.63, 3.8) is 0 Å². The molecular formula is C8H9ClF2N2O3. The molecule has 0 spiro atoms. The zero-order chi connectivity index (χ0) is 12.3. The lowest BCUT2D eigenvalue weighted by atomic mass is 10.2. The van der Waals surface area contributed by atoms with Gasteiger partial charge in [0.05, 0.1) is 20.4 Å². The van der Waals surface area contributed by atoms with Gasteiger partial charge in [0, 0.05) is 0 Å². The number of rotatable bonds is 4. The van der Waals surface area contributed by atoms with E-state index in [0.717, 1.165) is 6.20 Å². The third kappa shape index (κ3) is 2.67. The molecule has 0 radical (unpaired) electrons. The van der Waals surface area contributed by atoms with Crippen LogP contribution in [0.3, 0.4) is 0 Å². The molecule has 0 aliphatic rings. The molecule has 8 heteroatoms. The first-order valence-electron chi connectivity index (χ1n) is 4.09. The number of nitrogens with zero attached hydrogens (tertiary/aromatic N) is 2. The van der Waals surface area contributed by atoms with Crippen LogP contribution in [0.4, 0.5) is 8.78 Å². The number of methoxy groups -OCH3 is 2. The van der Waals surface area contributed by atoms with Crippen molar-refractivity contribution in [1.82, 2.24) is 9.97 Å². The maximum absolute atomic E-state index is 12.7. The first-order chi connectivity index (χ1) is 7.40. The van der Waals surface area contributed by atoms with Gasteiger partial charge in [-0.25, -0.2) is 4.98 Å². The Morgan fingerprint density at radius 1 is 1.44 bits per heavy atom.